The fourth-order valence-electron chi connectivity index (χ4n) is 0.670. The predicted octanol–water partition coefficient (Wildman–Crippen LogP) is 1.60. The van der Waals surface area contributed by atoms with Gasteiger partial charge in [-0.3, -0.25) is 4.98 Å². The Bertz CT molecular complexity index is 221. The molecule has 1 rings (SSSR count). The van der Waals surface area contributed by atoms with Crippen LogP contribution >= 0.6 is 0 Å². The van der Waals surface area contributed by atoms with Crippen LogP contribution in [-0.2, 0) is 11.4 Å². The lowest BCUT2D eigenvalue weighted by Gasteiger charge is -1.96. The van der Waals surface area contributed by atoms with Crippen molar-refractivity contribution < 1.29 is 4.84 Å². The Labute approximate surface area is 65.7 Å². The number of hydrogen-bond acceptors (Lipinski definition) is 3. The first-order valence-electron chi connectivity index (χ1n) is 3.42. The molecule has 0 radical (unpaired) electrons. The first-order chi connectivity index (χ1) is 5.43. The van der Waals surface area contributed by atoms with Crippen molar-refractivity contribution in [2.75, 3.05) is 0 Å². The molecule has 11 heavy (non-hydrogen) atoms. The van der Waals surface area contributed by atoms with Crippen molar-refractivity contribution in [3.8, 4) is 0 Å². The second kappa shape index (κ2) is 4.44. The van der Waals surface area contributed by atoms with Gasteiger partial charge in [-0.15, -0.1) is 0 Å². The molecule has 3 nitrogen and oxygen atoms in total. The molecule has 0 amide bonds. The highest BCUT2D eigenvalue weighted by Crippen LogP contribution is 1.97. The van der Waals surface area contributed by atoms with Crippen molar-refractivity contribution >= 4 is 6.21 Å². The summed E-state index contributed by atoms with van der Waals surface area (Å²) in [6.07, 6.45) is 5.09. The molecule has 0 saturated heterocycles. The molecule has 0 aliphatic heterocycles. The van der Waals surface area contributed by atoms with E-state index in [1.165, 1.54) is 0 Å². The van der Waals surface area contributed by atoms with Crippen molar-refractivity contribution in [3.05, 3.63) is 30.1 Å². The average molecular weight is 150 g/mol. The zero-order valence-electron chi connectivity index (χ0n) is 6.40. The third-order valence-corrected chi connectivity index (χ3v) is 1.13. The smallest absolute Gasteiger partial charge is 0.143 e. The fourth-order valence-corrected chi connectivity index (χ4v) is 0.670. The zero-order chi connectivity index (χ0) is 7.94. The number of aromatic nitrogens is 1. The summed E-state index contributed by atoms with van der Waals surface area (Å²) in [5, 5.41) is 3.61. The van der Waals surface area contributed by atoms with E-state index in [0.29, 0.717) is 6.61 Å². The summed E-state index contributed by atoms with van der Waals surface area (Å²) >= 11 is 0. The van der Waals surface area contributed by atoms with E-state index in [1.54, 1.807) is 18.6 Å². The highest BCUT2D eigenvalue weighted by atomic mass is 16.6. The molecule has 1 aromatic heterocycles. The van der Waals surface area contributed by atoms with Crippen molar-refractivity contribution in [1.82, 2.24) is 4.98 Å². The SMILES string of the molecule is C/C=N\OCc1cccnc1. The summed E-state index contributed by atoms with van der Waals surface area (Å²) in [6, 6.07) is 3.81. The van der Waals surface area contributed by atoms with E-state index < -0.39 is 0 Å². The van der Waals surface area contributed by atoms with Gasteiger partial charge in [0.1, 0.15) is 6.61 Å². The van der Waals surface area contributed by atoms with E-state index in [9.17, 15) is 0 Å². The lowest BCUT2D eigenvalue weighted by atomic mass is 10.3. The summed E-state index contributed by atoms with van der Waals surface area (Å²) < 4.78 is 0. The maximum absolute atomic E-state index is 4.90. The second-order valence-corrected chi connectivity index (χ2v) is 2.00. The van der Waals surface area contributed by atoms with Gasteiger partial charge in [-0.05, 0) is 13.0 Å². The molecule has 0 fully saturated rings. The molecule has 3 heteroatoms. The predicted molar refractivity (Wildman–Crippen MR) is 43.2 cm³/mol. The van der Waals surface area contributed by atoms with Crippen LogP contribution in [0.2, 0.25) is 0 Å². The van der Waals surface area contributed by atoms with Gasteiger partial charge < -0.3 is 4.84 Å². The number of oxime groups is 1. The van der Waals surface area contributed by atoms with E-state index >= 15 is 0 Å². The molecular weight excluding hydrogens is 140 g/mol. The largest absolute Gasteiger partial charge is 0.391 e. The quantitative estimate of drug-likeness (QED) is 0.484. The third kappa shape index (κ3) is 2.80. The maximum Gasteiger partial charge on any atom is 0.143 e. The zero-order valence-corrected chi connectivity index (χ0v) is 6.40. The molecule has 1 aromatic rings. The van der Waals surface area contributed by atoms with Crippen LogP contribution in [0.3, 0.4) is 0 Å². The van der Waals surface area contributed by atoms with Gasteiger partial charge in [-0.25, -0.2) is 0 Å². The highest BCUT2D eigenvalue weighted by Gasteiger charge is 1.88. The van der Waals surface area contributed by atoms with Gasteiger partial charge in [-0.1, -0.05) is 11.2 Å². The van der Waals surface area contributed by atoms with Crippen LogP contribution in [0.5, 0.6) is 0 Å². The standard InChI is InChI=1S/C8H10N2O/c1-2-10-11-7-8-4-3-5-9-6-8/h2-6H,7H2,1H3/b10-2-. The molecule has 0 spiro atoms. The van der Waals surface area contributed by atoms with Gasteiger partial charge in [0.2, 0.25) is 0 Å². The molecule has 0 atom stereocenters. The Morgan fingerprint density at radius 3 is 3.27 bits per heavy atom. The van der Waals surface area contributed by atoms with Crippen LogP contribution in [-0.4, -0.2) is 11.2 Å². The Kier molecular flexibility index (Phi) is 3.12. The van der Waals surface area contributed by atoms with E-state index in [1.807, 2.05) is 19.1 Å². The first-order valence-corrected chi connectivity index (χ1v) is 3.42. The maximum atomic E-state index is 4.90. The van der Waals surface area contributed by atoms with Gasteiger partial charge >= 0.3 is 0 Å². The summed E-state index contributed by atoms with van der Waals surface area (Å²) in [6.45, 7) is 2.29. The van der Waals surface area contributed by atoms with Gasteiger partial charge in [0.05, 0.1) is 0 Å². The van der Waals surface area contributed by atoms with Crippen LogP contribution in [0, 0.1) is 0 Å². The van der Waals surface area contributed by atoms with E-state index in [2.05, 4.69) is 10.1 Å². The summed E-state index contributed by atoms with van der Waals surface area (Å²) in [4.78, 5) is 8.83. The molecule has 0 unspecified atom stereocenters. The fraction of sp³-hybridized carbons (Fsp3) is 0.250. The van der Waals surface area contributed by atoms with Crippen LogP contribution in [0.15, 0.2) is 29.7 Å². The molecule has 1 heterocycles. The van der Waals surface area contributed by atoms with E-state index in [-0.39, 0.29) is 0 Å². The van der Waals surface area contributed by atoms with Gasteiger partial charge in [-0.2, -0.15) is 0 Å². The van der Waals surface area contributed by atoms with E-state index in [4.69, 9.17) is 4.84 Å². The molecule has 58 valence electrons. The lowest BCUT2D eigenvalue weighted by Crippen LogP contribution is -1.86. The van der Waals surface area contributed by atoms with Gasteiger partial charge in [0.25, 0.3) is 0 Å². The monoisotopic (exact) mass is 150 g/mol. The normalized spacial score (nSPS) is 10.3. The molecule has 0 saturated carbocycles. The van der Waals surface area contributed by atoms with Crippen molar-refractivity contribution in [2.45, 2.75) is 13.5 Å². The number of hydrogen-bond donors (Lipinski definition) is 0. The number of pyridine rings is 1. The Balaban J connectivity index is 2.39. The minimum absolute atomic E-state index is 0.484. The van der Waals surface area contributed by atoms with Crippen LogP contribution in [0.4, 0.5) is 0 Å². The van der Waals surface area contributed by atoms with E-state index in [0.717, 1.165) is 5.56 Å². The molecule has 0 N–H and O–H groups in total. The lowest BCUT2D eigenvalue weighted by molar-refractivity contribution is 0.131. The minimum Gasteiger partial charge on any atom is -0.391 e. The Morgan fingerprint density at radius 2 is 2.64 bits per heavy atom. The summed E-state index contributed by atoms with van der Waals surface area (Å²) in [5.41, 5.74) is 1.03. The minimum atomic E-state index is 0.484. The summed E-state index contributed by atoms with van der Waals surface area (Å²) in [7, 11) is 0. The topological polar surface area (TPSA) is 34.5 Å². The molecular formula is C8H10N2O. The van der Waals surface area contributed by atoms with Gasteiger partial charge in [0, 0.05) is 24.2 Å². The second-order valence-electron chi connectivity index (χ2n) is 2.00. The van der Waals surface area contributed by atoms with Crippen LogP contribution in [0.25, 0.3) is 0 Å². The highest BCUT2D eigenvalue weighted by molar-refractivity contribution is 5.52. The van der Waals surface area contributed by atoms with Crippen LogP contribution < -0.4 is 0 Å². The third-order valence-electron chi connectivity index (χ3n) is 1.13. The molecule has 0 bridgehead atoms. The van der Waals surface area contributed by atoms with Crippen molar-refractivity contribution in [1.29, 1.82) is 0 Å². The van der Waals surface area contributed by atoms with Gasteiger partial charge in [0.15, 0.2) is 0 Å². The Hall–Kier alpha value is -1.38. The summed E-state index contributed by atoms with van der Waals surface area (Å²) in [5.74, 6) is 0. The Morgan fingerprint density at radius 1 is 1.73 bits per heavy atom. The average Bonchev–Trinajstić information content (AvgIpc) is 2.07. The molecule has 0 aliphatic rings. The van der Waals surface area contributed by atoms with Crippen LogP contribution in [0.1, 0.15) is 12.5 Å². The van der Waals surface area contributed by atoms with Crippen molar-refractivity contribution in [2.24, 2.45) is 5.16 Å². The van der Waals surface area contributed by atoms with Crippen molar-refractivity contribution in [3.63, 3.8) is 0 Å². The first kappa shape index (κ1) is 7.72. The molecule has 0 aromatic carbocycles. The molecule has 0 aliphatic carbocycles. The number of rotatable bonds is 3. The number of nitrogens with zero attached hydrogens (tertiary/aromatic N) is 2.